The van der Waals surface area contributed by atoms with Gasteiger partial charge in [-0.1, -0.05) is 0 Å². The molecule has 0 radical (unpaired) electrons. The Bertz CT molecular complexity index is 508. The Kier molecular flexibility index (Phi) is 2.55. The number of carbonyl (C=O) groups excluding carboxylic acids is 1. The maximum Gasteiger partial charge on any atom is 0.215 e. The molecule has 0 aliphatic rings. The lowest BCUT2D eigenvalue weighted by Gasteiger charge is -2.04. The zero-order valence-corrected chi connectivity index (χ0v) is 8.47. The summed E-state index contributed by atoms with van der Waals surface area (Å²) in [5.74, 6) is -0.0550. The monoisotopic (exact) mass is 219 g/mol. The standard InChI is InChI=1S/C10H9N3O3/c1-16-9-4-6(2-3-8(9)14)10(15)7-5-11-13-12-7/h2-5,14H,1H3,(H,11,12,13). The highest BCUT2D eigenvalue weighted by atomic mass is 16.5. The van der Waals surface area contributed by atoms with Gasteiger partial charge in [0.05, 0.1) is 13.3 Å². The molecule has 6 heteroatoms. The van der Waals surface area contributed by atoms with Gasteiger partial charge in [-0.05, 0) is 18.2 Å². The summed E-state index contributed by atoms with van der Waals surface area (Å²) in [5, 5.41) is 19.0. The van der Waals surface area contributed by atoms with Gasteiger partial charge in [-0.3, -0.25) is 4.79 Å². The van der Waals surface area contributed by atoms with E-state index in [1.807, 2.05) is 0 Å². The van der Waals surface area contributed by atoms with E-state index in [2.05, 4.69) is 15.4 Å². The number of phenolic OH excluding ortho intramolecular Hbond substituents is 1. The van der Waals surface area contributed by atoms with Crippen molar-refractivity contribution in [3.8, 4) is 11.5 Å². The van der Waals surface area contributed by atoms with Gasteiger partial charge in [-0.25, -0.2) is 0 Å². The Labute approximate surface area is 90.9 Å². The zero-order valence-electron chi connectivity index (χ0n) is 8.47. The number of ketones is 1. The van der Waals surface area contributed by atoms with Gasteiger partial charge in [-0.15, -0.1) is 0 Å². The zero-order chi connectivity index (χ0) is 11.5. The highest BCUT2D eigenvalue weighted by Gasteiger charge is 2.13. The van der Waals surface area contributed by atoms with Crippen molar-refractivity contribution in [3.05, 3.63) is 35.7 Å². The topological polar surface area (TPSA) is 88.1 Å². The summed E-state index contributed by atoms with van der Waals surface area (Å²) in [6.07, 6.45) is 1.33. The highest BCUT2D eigenvalue weighted by Crippen LogP contribution is 2.26. The van der Waals surface area contributed by atoms with Crippen molar-refractivity contribution >= 4 is 5.78 Å². The predicted molar refractivity (Wildman–Crippen MR) is 54.5 cm³/mol. The van der Waals surface area contributed by atoms with E-state index in [0.717, 1.165) is 0 Å². The Morgan fingerprint density at radius 1 is 1.50 bits per heavy atom. The van der Waals surface area contributed by atoms with Gasteiger partial charge in [-0.2, -0.15) is 15.4 Å². The van der Waals surface area contributed by atoms with Gasteiger partial charge in [0.1, 0.15) is 0 Å². The minimum atomic E-state index is -0.285. The van der Waals surface area contributed by atoms with E-state index in [9.17, 15) is 9.90 Å². The van der Waals surface area contributed by atoms with E-state index >= 15 is 0 Å². The van der Waals surface area contributed by atoms with Gasteiger partial charge in [0, 0.05) is 5.56 Å². The van der Waals surface area contributed by atoms with E-state index in [1.165, 1.54) is 31.5 Å². The predicted octanol–water partition coefficient (Wildman–Crippen LogP) is 0.750. The minimum absolute atomic E-state index is 0.0146. The summed E-state index contributed by atoms with van der Waals surface area (Å²) in [5.41, 5.74) is 0.594. The first-order valence-corrected chi connectivity index (χ1v) is 4.50. The third kappa shape index (κ3) is 1.72. The Hall–Kier alpha value is -2.37. The van der Waals surface area contributed by atoms with Crippen LogP contribution < -0.4 is 4.74 Å². The number of benzene rings is 1. The molecule has 0 saturated carbocycles. The van der Waals surface area contributed by atoms with Crippen LogP contribution in [0.2, 0.25) is 0 Å². The number of nitrogens with zero attached hydrogens (tertiary/aromatic N) is 2. The van der Waals surface area contributed by atoms with Crippen molar-refractivity contribution in [3.63, 3.8) is 0 Å². The molecule has 0 saturated heterocycles. The highest BCUT2D eigenvalue weighted by molar-refractivity contribution is 6.07. The molecule has 2 rings (SSSR count). The second-order valence-corrected chi connectivity index (χ2v) is 3.07. The third-order valence-electron chi connectivity index (χ3n) is 2.09. The average molecular weight is 219 g/mol. The number of phenols is 1. The van der Waals surface area contributed by atoms with Crippen molar-refractivity contribution in [2.75, 3.05) is 7.11 Å². The lowest BCUT2D eigenvalue weighted by molar-refractivity contribution is 0.103. The fraction of sp³-hybridized carbons (Fsp3) is 0.100. The number of methoxy groups -OCH3 is 1. The first-order valence-electron chi connectivity index (χ1n) is 4.50. The molecule has 82 valence electrons. The molecular formula is C10H9N3O3. The van der Waals surface area contributed by atoms with Crippen LogP contribution in [0, 0.1) is 0 Å². The number of carbonyl (C=O) groups is 1. The molecule has 0 bridgehead atoms. The molecule has 2 aromatic rings. The summed E-state index contributed by atoms with van der Waals surface area (Å²) >= 11 is 0. The van der Waals surface area contributed by atoms with Crippen LogP contribution in [0.5, 0.6) is 11.5 Å². The molecule has 0 aliphatic carbocycles. The second kappa shape index (κ2) is 4.01. The Morgan fingerprint density at radius 3 is 2.94 bits per heavy atom. The van der Waals surface area contributed by atoms with Gasteiger partial charge < -0.3 is 9.84 Å². The van der Waals surface area contributed by atoms with Crippen LogP contribution in [0.4, 0.5) is 0 Å². The van der Waals surface area contributed by atoms with Crippen LogP contribution in [0.1, 0.15) is 16.1 Å². The number of hydrogen-bond acceptors (Lipinski definition) is 5. The molecule has 0 fully saturated rings. The molecule has 0 spiro atoms. The lowest BCUT2D eigenvalue weighted by atomic mass is 10.1. The number of ether oxygens (including phenoxy) is 1. The minimum Gasteiger partial charge on any atom is -0.504 e. The van der Waals surface area contributed by atoms with Gasteiger partial charge in [0.25, 0.3) is 0 Å². The number of rotatable bonds is 3. The number of aromatic nitrogens is 3. The summed E-state index contributed by atoms with van der Waals surface area (Å²) in [7, 11) is 1.42. The molecule has 0 amide bonds. The molecular weight excluding hydrogens is 210 g/mol. The normalized spacial score (nSPS) is 10.1. The molecule has 1 aromatic heterocycles. The number of aromatic hydroxyl groups is 1. The Morgan fingerprint density at radius 2 is 2.31 bits per heavy atom. The summed E-state index contributed by atoms with van der Waals surface area (Å²) in [6.45, 7) is 0. The van der Waals surface area contributed by atoms with Crippen LogP contribution >= 0.6 is 0 Å². The van der Waals surface area contributed by atoms with Crippen LogP contribution in [0.15, 0.2) is 24.4 Å². The van der Waals surface area contributed by atoms with Crippen LogP contribution in [0.3, 0.4) is 0 Å². The van der Waals surface area contributed by atoms with Gasteiger partial charge in [0.2, 0.25) is 5.78 Å². The quantitative estimate of drug-likeness (QED) is 0.743. The average Bonchev–Trinajstić information content (AvgIpc) is 2.82. The SMILES string of the molecule is COc1cc(C(=O)c2cn[nH]n2)ccc1O. The van der Waals surface area contributed by atoms with Crippen molar-refractivity contribution < 1.29 is 14.6 Å². The molecule has 6 nitrogen and oxygen atoms in total. The largest absolute Gasteiger partial charge is 0.504 e. The molecule has 16 heavy (non-hydrogen) atoms. The number of nitrogens with one attached hydrogen (secondary N) is 1. The van der Waals surface area contributed by atoms with Gasteiger partial charge in [0.15, 0.2) is 17.2 Å². The van der Waals surface area contributed by atoms with Crippen molar-refractivity contribution in [2.24, 2.45) is 0 Å². The van der Waals surface area contributed by atoms with Crippen LogP contribution in [-0.4, -0.2) is 33.4 Å². The van der Waals surface area contributed by atoms with E-state index in [0.29, 0.717) is 5.56 Å². The first kappa shape index (κ1) is 10.2. The van der Waals surface area contributed by atoms with E-state index in [4.69, 9.17) is 4.74 Å². The fourth-order valence-electron chi connectivity index (χ4n) is 1.28. The molecule has 2 N–H and O–H groups in total. The Balaban J connectivity index is 2.38. The second-order valence-electron chi connectivity index (χ2n) is 3.07. The summed E-state index contributed by atoms with van der Waals surface area (Å²) < 4.78 is 4.91. The van der Waals surface area contributed by atoms with Crippen molar-refractivity contribution in [2.45, 2.75) is 0 Å². The van der Waals surface area contributed by atoms with Crippen LogP contribution in [0.25, 0.3) is 0 Å². The smallest absolute Gasteiger partial charge is 0.215 e. The van der Waals surface area contributed by atoms with Crippen LogP contribution in [-0.2, 0) is 0 Å². The molecule has 1 heterocycles. The third-order valence-corrected chi connectivity index (χ3v) is 2.09. The fourth-order valence-corrected chi connectivity index (χ4v) is 1.28. The van der Waals surface area contributed by atoms with Crippen molar-refractivity contribution in [1.82, 2.24) is 15.4 Å². The number of aromatic amines is 1. The molecule has 1 aromatic carbocycles. The van der Waals surface area contributed by atoms with Crippen molar-refractivity contribution in [1.29, 1.82) is 0 Å². The van der Waals surface area contributed by atoms with E-state index in [-0.39, 0.29) is 23.0 Å². The van der Waals surface area contributed by atoms with E-state index in [1.54, 1.807) is 0 Å². The molecule has 0 aliphatic heterocycles. The maximum atomic E-state index is 11.8. The first-order chi connectivity index (χ1) is 7.72. The molecule has 0 unspecified atom stereocenters. The molecule has 0 atom stereocenters. The van der Waals surface area contributed by atoms with E-state index < -0.39 is 0 Å². The summed E-state index contributed by atoms with van der Waals surface area (Å²) in [6, 6.07) is 4.34. The van der Waals surface area contributed by atoms with Gasteiger partial charge >= 0.3 is 0 Å². The maximum absolute atomic E-state index is 11.8. The number of H-pyrrole nitrogens is 1. The number of hydrogen-bond donors (Lipinski definition) is 2. The summed E-state index contributed by atoms with van der Waals surface area (Å²) in [4.78, 5) is 11.8. The lowest BCUT2D eigenvalue weighted by Crippen LogP contribution is -2.02.